The molecule has 0 unspecified atom stereocenters. The predicted molar refractivity (Wildman–Crippen MR) is 70.5 cm³/mol. The van der Waals surface area contributed by atoms with Crippen LogP contribution in [0.25, 0.3) is 20.2 Å². The monoisotopic (exact) mass is 229 g/mol. The van der Waals surface area contributed by atoms with Crippen molar-refractivity contribution in [2.45, 2.75) is 0 Å². The number of aromatic hydroxyl groups is 1. The minimum Gasteiger partial charge on any atom is -0.506 e. The van der Waals surface area contributed by atoms with Gasteiger partial charge in [-0.3, -0.25) is 0 Å². The van der Waals surface area contributed by atoms with E-state index < -0.39 is 0 Å². The van der Waals surface area contributed by atoms with E-state index in [0.717, 1.165) is 11.1 Å². The van der Waals surface area contributed by atoms with Gasteiger partial charge in [-0.2, -0.15) is 0 Å². The molecule has 16 heavy (non-hydrogen) atoms. The van der Waals surface area contributed by atoms with E-state index in [0.29, 0.717) is 5.75 Å². The van der Waals surface area contributed by atoms with Crippen molar-refractivity contribution in [2.24, 2.45) is 0 Å². The van der Waals surface area contributed by atoms with E-state index in [4.69, 9.17) is 0 Å². The van der Waals surface area contributed by atoms with Gasteiger partial charge in [0, 0.05) is 27.2 Å². The molecule has 0 atom stereocenters. The van der Waals surface area contributed by atoms with Gasteiger partial charge >= 0.3 is 0 Å². The molecule has 2 aromatic carbocycles. The molecular weight excluding hydrogens is 218 g/mol. The number of hydrogen-bond donors (Lipinski definition) is 2. The Labute approximate surface area is 97.1 Å². The van der Waals surface area contributed by atoms with Crippen LogP contribution in [0.1, 0.15) is 0 Å². The van der Waals surface area contributed by atoms with Crippen LogP contribution < -0.4 is 5.32 Å². The topological polar surface area (TPSA) is 32.3 Å². The lowest BCUT2D eigenvalue weighted by Crippen LogP contribution is -1.88. The third kappa shape index (κ3) is 1.18. The molecule has 0 fully saturated rings. The number of nitrogens with one attached hydrogen (secondary N) is 1. The molecule has 3 rings (SSSR count). The summed E-state index contributed by atoms with van der Waals surface area (Å²) in [5.74, 6) is 0.304. The van der Waals surface area contributed by atoms with Gasteiger partial charge < -0.3 is 10.4 Å². The molecule has 0 radical (unpaired) electrons. The molecule has 1 heterocycles. The summed E-state index contributed by atoms with van der Waals surface area (Å²) in [6.07, 6.45) is 0. The van der Waals surface area contributed by atoms with E-state index >= 15 is 0 Å². The Bertz CT molecular complexity index is 672. The summed E-state index contributed by atoms with van der Waals surface area (Å²) >= 11 is 1.75. The van der Waals surface area contributed by atoms with Gasteiger partial charge in [-0.15, -0.1) is 11.3 Å². The molecule has 0 spiro atoms. The first kappa shape index (κ1) is 9.48. The largest absolute Gasteiger partial charge is 0.506 e. The SMILES string of the molecule is CNc1c(O)ccc2sc3ccccc3c12. The third-order valence-corrected chi connectivity index (χ3v) is 3.91. The van der Waals surface area contributed by atoms with E-state index in [-0.39, 0.29) is 0 Å². The maximum Gasteiger partial charge on any atom is 0.139 e. The Kier molecular flexibility index (Phi) is 2.01. The molecule has 0 amide bonds. The third-order valence-electron chi connectivity index (χ3n) is 2.77. The Balaban J connectivity index is 2.57. The van der Waals surface area contributed by atoms with Crippen LogP contribution in [0.2, 0.25) is 0 Å². The van der Waals surface area contributed by atoms with E-state index in [1.54, 1.807) is 17.4 Å². The Morgan fingerprint density at radius 1 is 1.06 bits per heavy atom. The van der Waals surface area contributed by atoms with Crippen molar-refractivity contribution in [2.75, 3.05) is 12.4 Å². The highest BCUT2D eigenvalue weighted by atomic mass is 32.1. The van der Waals surface area contributed by atoms with Gasteiger partial charge in [0.2, 0.25) is 0 Å². The zero-order valence-electron chi connectivity index (χ0n) is 8.82. The van der Waals surface area contributed by atoms with Gasteiger partial charge in [0.1, 0.15) is 5.75 Å². The molecular formula is C13H11NOS. The number of benzene rings is 2. The maximum atomic E-state index is 9.83. The van der Waals surface area contributed by atoms with Crippen molar-refractivity contribution >= 4 is 37.2 Å². The fourth-order valence-corrected chi connectivity index (χ4v) is 3.17. The number of hydrogen-bond acceptors (Lipinski definition) is 3. The van der Waals surface area contributed by atoms with Crippen molar-refractivity contribution in [3.63, 3.8) is 0 Å². The minimum absolute atomic E-state index is 0.304. The van der Waals surface area contributed by atoms with Crippen molar-refractivity contribution < 1.29 is 5.11 Å². The van der Waals surface area contributed by atoms with Crippen LogP contribution in [0.15, 0.2) is 36.4 Å². The summed E-state index contributed by atoms with van der Waals surface area (Å²) < 4.78 is 2.45. The molecule has 2 N–H and O–H groups in total. The van der Waals surface area contributed by atoms with E-state index in [2.05, 4.69) is 17.4 Å². The quantitative estimate of drug-likeness (QED) is 0.622. The normalized spacial score (nSPS) is 11.1. The molecule has 0 aliphatic heterocycles. The Hall–Kier alpha value is -1.74. The molecule has 1 aromatic heterocycles. The van der Waals surface area contributed by atoms with Crippen LogP contribution in [-0.2, 0) is 0 Å². The minimum atomic E-state index is 0.304. The summed E-state index contributed by atoms with van der Waals surface area (Å²) in [4.78, 5) is 0. The zero-order chi connectivity index (χ0) is 11.1. The molecule has 2 nitrogen and oxygen atoms in total. The summed E-state index contributed by atoms with van der Waals surface area (Å²) in [5.41, 5.74) is 0.815. The van der Waals surface area contributed by atoms with E-state index in [1.807, 2.05) is 25.2 Å². The second-order valence-corrected chi connectivity index (χ2v) is 4.76. The second-order valence-electron chi connectivity index (χ2n) is 3.68. The number of thiophene rings is 1. The lowest BCUT2D eigenvalue weighted by Gasteiger charge is -2.05. The molecule has 3 aromatic rings. The van der Waals surface area contributed by atoms with E-state index in [9.17, 15) is 5.11 Å². The highest BCUT2D eigenvalue weighted by Crippen LogP contribution is 2.41. The number of phenols is 1. The lowest BCUT2D eigenvalue weighted by molar-refractivity contribution is 0.478. The van der Waals surface area contributed by atoms with Gasteiger partial charge in [-0.25, -0.2) is 0 Å². The summed E-state index contributed by atoms with van der Waals surface area (Å²) in [6, 6.07) is 12.0. The molecule has 0 aliphatic rings. The fraction of sp³-hybridized carbons (Fsp3) is 0.0769. The lowest BCUT2D eigenvalue weighted by atomic mass is 10.1. The van der Waals surface area contributed by atoms with Crippen molar-refractivity contribution in [1.82, 2.24) is 0 Å². The smallest absolute Gasteiger partial charge is 0.139 e. The predicted octanol–water partition coefficient (Wildman–Crippen LogP) is 3.80. The van der Waals surface area contributed by atoms with Crippen molar-refractivity contribution in [3.05, 3.63) is 36.4 Å². The van der Waals surface area contributed by atoms with Gasteiger partial charge in [-0.05, 0) is 18.2 Å². The van der Waals surface area contributed by atoms with Crippen LogP contribution in [-0.4, -0.2) is 12.2 Å². The summed E-state index contributed by atoms with van der Waals surface area (Å²) in [6.45, 7) is 0. The standard InChI is InChI=1S/C13H11NOS/c1-14-13-9(15)6-7-11-12(13)8-4-2-3-5-10(8)16-11/h2-7,14-15H,1H3. The molecule has 0 saturated carbocycles. The molecule has 3 heteroatoms. The van der Waals surface area contributed by atoms with Gasteiger partial charge in [0.25, 0.3) is 0 Å². The van der Waals surface area contributed by atoms with Crippen LogP contribution >= 0.6 is 11.3 Å². The molecule has 0 saturated heterocycles. The number of fused-ring (bicyclic) bond motifs is 3. The first-order valence-electron chi connectivity index (χ1n) is 5.12. The van der Waals surface area contributed by atoms with Gasteiger partial charge in [-0.1, -0.05) is 18.2 Å². The highest BCUT2D eigenvalue weighted by molar-refractivity contribution is 7.26. The van der Waals surface area contributed by atoms with Crippen LogP contribution in [0, 0.1) is 0 Å². The summed E-state index contributed by atoms with van der Waals surface area (Å²) in [5, 5.41) is 15.2. The summed E-state index contributed by atoms with van der Waals surface area (Å²) in [7, 11) is 1.83. The first-order valence-corrected chi connectivity index (χ1v) is 5.94. The van der Waals surface area contributed by atoms with E-state index in [1.165, 1.54) is 14.8 Å². The van der Waals surface area contributed by atoms with Crippen molar-refractivity contribution in [1.29, 1.82) is 0 Å². The number of rotatable bonds is 1. The zero-order valence-corrected chi connectivity index (χ0v) is 9.64. The number of anilines is 1. The van der Waals surface area contributed by atoms with Gasteiger partial charge in [0.05, 0.1) is 5.69 Å². The van der Waals surface area contributed by atoms with Gasteiger partial charge in [0.15, 0.2) is 0 Å². The molecule has 0 bridgehead atoms. The Morgan fingerprint density at radius 3 is 2.69 bits per heavy atom. The Morgan fingerprint density at radius 2 is 1.88 bits per heavy atom. The maximum absolute atomic E-state index is 9.83. The molecule has 80 valence electrons. The average Bonchev–Trinajstić information content (AvgIpc) is 2.68. The van der Waals surface area contributed by atoms with Crippen molar-refractivity contribution in [3.8, 4) is 5.75 Å². The van der Waals surface area contributed by atoms with Crippen LogP contribution in [0.5, 0.6) is 5.75 Å². The second kappa shape index (κ2) is 3.39. The van der Waals surface area contributed by atoms with Crippen LogP contribution in [0.3, 0.4) is 0 Å². The highest BCUT2D eigenvalue weighted by Gasteiger charge is 2.11. The first-order chi connectivity index (χ1) is 7.81. The number of phenolic OH excluding ortho intramolecular Hbond substituents is 1. The molecule has 0 aliphatic carbocycles. The van der Waals surface area contributed by atoms with Crippen LogP contribution in [0.4, 0.5) is 5.69 Å². The fourth-order valence-electron chi connectivity index (χ4n) is 2.06. The average molecular weight is 229 g/mol.